The van der Waals surface area contributed by atoms with E-state index in [2.05, 4.69) is 15.2 Å². The first kappa shape index (κ1) is 19.1. The van der Waals surface area contributed by atoms with E-state index >= 15 is 0 Å². The average Bonchev–Trinajstić information content (AvgIpc) is 2.95. The minimum atomic E-state index is 0.293. The number of nitrogens with zero attached hydrogens (tertiary/aromatic N) is 2. The average molecular weight is 371 g/mol. The fourth-order valence-electron chi connectivity index (χ4n) is 2.54. The van der Waals surface area contributed by atoms with Crippen molar-refractivity contribution in [2.45, 2.75) is 19.4 Å². The van der Waals surface area contributed by atoms with E-state index in [1.807, 2.05) is 19.1 Å². The molecule has 1 fully saturated rings. The smallest absolute Gasteiger partial charge is 0.210 e. The van der Waals surface area contributed by atoms with Crippen LogP contribution in [-0.2, 0) is 4.74 Å². The molecule has 1 saturated heterocycles. The summed E-state index contributed by atoms with van der Waals surface area (Å²) in [7, 11) is 1.71. The molecule has 24 heavy (non-hydrogen) atoms. The monoisotopic (exact) mass is 370 g/mol. The van der Waals surface area contributed by atoms with E-state index in [4.69, 9.17) is 33.7 Å². The maximum Gasteiger partial charge on any atom is 0.210 e. The molecule has 0 saturated carbocycles. The SMILES string of the molecule is CN=C(/C=C(/C)Nc1ccc(Cl)c(Cl)c1)OCCN1CCC(N)C1. The summed E-state index contributed by atoms with van der Waals surface area (Å²) in [5.74, 6) is 0.587. The lowest BCUT2D eigenvalue weighted by Crippen LogP contribution is -2.29. The van der Waals surface area contributed by atoms with E-state index in [-0.39, 0.29) is 0 Å². The predicted molar refractivity (Wildman–Crippen MR) is 102 cm³/mol. The number of nitrogens with two attached hydrogens (primary N) is 1. The summed E-state index contributed by atoms with van der Waals surface area (Å²) in [6, 6.07) is 5.69. The second-order valence-electron chi connectivity index (χ2n) is 5.84. The highest BCUT2D eigenvalue weighted by Crippen LogP contribution is 2.25. The fraction of sp³-hybridized carbons (Fsp3) is 0.471. The van der Waals surface area contributed by atoms with Crippen LogP contribution in [0.3, 0.4) is 0 Å². The maximum atomic E-state index is 6.02. The summed E-state index contributed by atoms with van der Waals surface area (Å²) in [4.78, 5) is 6.48. The van der Waals surface area contributed by atoms with Crippen LogP contribution in [0.5, 0.6) is 0 Å². The van der Waals surface area contributed by atoms with Gasteiger partial charge in [0.1, 0.15) is 6.61 Å². The molecule has 0 spiro atoms. The number of benzene rings is 1. The molecule has 0 aromatic heterocycles. The number of halogens is 2. The van der Waals surface area contributed by atoms with Crippen LogP contribution in [0.25, 0.3) is 0 Å². The molecule has 1 aliphatic heterocycles. The Morgan fingerprint density at radius 1 is 1.46 bits per heavy atom. The number of rotatable bonds is 6. The van der Waals surface area contributed by atoms with Gasteiger partial charge in [0.15, 0.2) is 0 Å². The molecular weight excluding hydrogens is 347 g/mol. The number of allylic oxidation sites excluding steroid dienone is 1. The van der Waals surface area contributed by atoms with Gasteiger partial charge in [0, 0.05) is 43.6 Å². The molecule has 1 heterocycles. The Balaban J connectivity index is 1.83. The molecule has 5 nitrogen and oxygen atoms in total. The summed E-state index contributed by atoms with van der Waals surface area (Å²) in [6.07, 6.45) is 2.92. The summed E-state index contributed by atoms with van der Waals surface area (Å²) in [5, 5.41) is 4.29. The third kappa shape index (κ3) is 5.98. The highest BCUT2D eigenvalue weighted by atomic mass is 35.5. The largest absolute Gasteiger partial charge is 0.477 e. The van der Waals surface area contributed by atoms with Gasteiger partial charge in [-0.05, 0) is 38.1 Å². The van der Waals surface area contributed by atoms with Crippen LogP contribution in [0, 0.1) is 0 Å². The van der Waals surface area contributed by atoms with Crippen LogP contribution < -0.4 is 11.1 Å². The molecule has 1 aliphatic rings. The van der Waals surface area contributed by atoms with Gasteiger partial charge in [-0.25, -0.2) is 0 Å². The zero-order valence-electron chi connectivity index (χ0n) is 14.1. The zero-order chi connectivity index (χ0) is 17.5. The highest BCUT2D eigenvalue weighted by molar-refractivity contribution is 6.42. The number of anilines is 1. The van der Waals surface area contributed by atoms with Crippen molar-refractivity contribution in [2.75, 3.05) is 38.6 Å². The van der Waals surface area contributed by atoms with Gasteiger partial charge < -0.3 is 15.8 Å². The molecule has 7 heteroatoms. The third-order valence-corrected chi connectivity index (χ3v) is 4.53. The van der Waals surface area contributed by atoms with Crippen molar-refractivity contribution in [2.24, 2.45) is 10.7 Å². The summed E-state index contributed by atoms with van der Waals surface area (Å²) >= 11 is 11.9. The Kier molecular flexibility index (Phi) is 7.37. The first-order chi connectivity index (χ1) is 11.5. The van der Waals surface area contributed by atoms with Crippen molar-refractivity contribution in [3.63, 3.8) is 0 Å². The molecule has 1 aromatic carbocycles. The second-order valence-corrected chi connectivity index (χ2v) is 6.66. The molecule has 0 aliphatic carbocycles. The van der Waals surface area contributed by atoms with Crippen molar-refractivity contribution in [1.29, 1.82) is 0 Å². The first-order valence-corrected chi connectivity index (χ1v) is 8.71. The van der Waals surface area contributed by atoms with E-state index in [1.165, 1.54) is 0 Å². The zero-order valence-corrected chi connectivity index (χ0v) is 15.6. The number of hydrogen-bond acceptors (Lipinski definition) is 5. The van der Waals surface area contributed by atoms with Crippen molar-refractivity contribution in [1.82, 2.24) is 4.90 Å². The molecule has 1 unspecified atom stereocenters. The van der Waals surface area contributed by atoms with E-state index < -0.39 is 0 Å². The van der Waals surface area contributed by atoms with Gasteiger partial charge in [0.25, 0.3) is 0 Å². The summed E-state index contributed by atoms with van der Waals surface area (Å²) < 4.78 is 5.74. The van der Waals surface area contributed by atoms with Crippen molar-refractivity contribution < 1.29 is 4.74 Å². The minimum absolute atomic E-state index is 0.293. The molecule has 0 bridgehead atoms. The number of nitrogens with one attached hydrogen (secondary N) is 1. The van der Waals surface area contributed by atoms with Crippen LogP contribution in [0.4, 0.5) is 5.69 Å². The van der Waals surface area contributed by atoms with Gasteiger partial charge in [-0.15, -0.1) is 0 Å². The van der Waals surface area contributed by atoms with Crippen LogP contribution in [0.1, 0.15) is 13.3 Å². The van der Waals surface area contributed by atoms with Crippen molar-refractivity contribution in [3.05, 3.63) is 40.0 Å². The highest BCUT2D eigenvalue weighted by Gasteiger charge is 2.18. The molecular formula is C17H24Cl2N4O. The standard InChI is InChI=1S/C17H24Cl2N4O/c1-12(22-14-3-4-15(18)16(19)10-14)9-17(21-2)24-8-7-23-6-5-13(20)11-23/h3-4,9-10,13,22H,5-8,11,20H2,1-2H3/b12-9-,21-17?. The van der Waals surface area contributed by atoms with Gasteiger partial charge in [-0.3, -0.25) is 9.89 Å². The summed E-state index contributed by atoms with van der Waals surface area (Å²) in [5.41, 5.74) is 7.66. The lowest BCUT2D eigenvalue weighted by molar-refractivity contribution is 0.229. The van der Waals surface area contributed by atoms with Gasteiger partial charge in [0.2, 0.25) is 5.90 Å². The summed E-state index contributed by atoms with van der Waals surface area (Å²) in [6.45, 7) is 5.37. The fourth-order valence-corrected chi connectivity index (χ4v) is 2.84. The maximum absolute atomic E-state index is 6.02. The van der Waals surface area contributed by atoms with Crippen LogP contribution in [0.15, 0.2) is 35.0 Å². The van der Waals surface area contributed by atoms with E-state index in [0.29, 0.717) is 28.6 Å². The Labute approximate surface area is 153 Å². The lowest BCUT2D eigenvalue weighted by atomic mass is 10.3. The quantitative estimate of drug-likeness (QED) is 0.594. The lowest BCUT2D eigenvalue weighted by Gasteiger charge is -2.15. The van der Waals surface area contributed by atoms with Gasteiger partial charge in [-0.2, -0.15) is 0 Å². The Hall–Kier alpha value is -1.27. The first-order valence-electron chi connectivity index (χ1n) is 7.96. The van der Waals surface area contributed by atoms with E-state index in [1.54, 1.807) is 19.2 Å². The van der Waals surface area contributed by atoms with E-state index in [9.17, 15) is 0 Å². The topological polar surface area (TPSA) is 62.9 Å². The molecule has 1 aromatic rings. The number of ether oxygens (including phenoxy) is 1. The number of hydrogen-bond donors (Lipinski definition) is 2. The third-order valence-electron chi connectivity index (χ3n) is 3.79. The van der Waals surface area contributed by atoms with Gasteiger partial charge in [-0.1, -0.05) is 23.2 Å². The molecule has 1 atom stereocenters. The Morgan fingerprint density at radius 2 is 2.25 bits per heavy atom. The van der Waals surface area contributed by atoms with Crippen LogP contribution in [0.2, 0.25) is 10.0 Å². The number of likely N-dealkylation sites (tertiary alicyclic amines) is 1. The number of aliphatic imine (C=N–C) groups is 1. The van der Waals surface area contributed by atoms with Crippen LogP contribution in [-0.4, -0.2) is 50.1 Å². The molecule has 132 valence electrons. The Morgan fingerprint density at radius 3 is 2.88 bits per heavy atom. The predicted octanol–water partition coefficient (Wildman–Crippen LogP) is 3.39. The normalized spacial score (nSPS) is 19.6. The van der Waals surface area contributed by atoms with Crippen LogP contribution >= 0.6 is 23.2 Å². The van der Waals surface area contributed by atoms with Crippen molar-refractivity contribution >= 4 is 34.8 Å². The van der Waals surface area contributed by atoms with Gasteiger partial charge >= 0.3 is 0 Å². The second kappa shape index (κ2) is 9.28. The molecule has 0 radical (unpaired) electrons. The Bertz CT molecular complexity index is 619. The van der Waals surface area contributed by atoms with Gasteiger partial charge in [0.05, 0.1) is 10.0 Å². The molecule has 2 rings (SSSR count). The van der Waals surface area contributed by atoms with E-state index in [0.717, 1.165) is 37.4 Å². The molecule has 0 amide bonds. The minimum Gasteiger partial charge on any atom is -0.477 e. The molecule has 3 N–H and O–H groups in total. The van der Waals surface area contributed by atoms with Crippen molar-refractivity contribution in [3.8, 4) is 0 Å².